The van der Waals surface area contributed by atoms with Gasteiger partial charge in [0.05, 0.1) is 25.9 Å². The first kappa shape index (κ1) is 21.5. The van der Waals surface area contributed by atoms with E-state index in [1.165, 1.54) is 6.07 Å². The maximum Gasteiger partial charge on any atom is 0.225 e. The molecule has 2 aliphatic rings. The van der Waals surface area contributed by atoms with Crippen LogP contribution in [0.2, 0.25) is 5.02 Å². The molecule has 2 aromatic rings. The summed E-state index contributed by atoms with van der Waals surface area (Å²) in [6, 6.07) is 9.74. The van der Waals surface area contributed by atoms with Crippen molar-refractivity contribution in [2.24, 2.45) is 0 Å². The van der Waals surface area contributed by atoms with Crippen LogP contribution < -0.4 is 4.74 Å². The lowest BCUT2D eigenvalue weighted by atomic mass is 9.86. The SMILES string of the molecule is CCOc1ccc(Cc2cc([C@]34OC[C@](CO)(CC(O)C3O)O4)ccc2Cl)cc1F. The number of rotatable bonds is 6. The summed E-state index contributed by atoms with van der Waals surface area (Å²) in [6.45, 7) is 1.85. The van der Waals surface area contributed by atoms with E-state index in [2.05, 4.69) is 0 Å². The van der Waals surface area contributed by atoms with Gasteiger partial charge >= 0.3 is 0 Å². The normalized spacial score (nSPS) is 30.5. The zero-order chi connectivity index (χ0) is 21.5. The predicted octanol–water partition coefficient (Wildman–Crippen LogP) is 2.52. The van der Waals surface area contributed by atoms with Crippen molar-refractivity contribution in [1.29, 1.82) is 0 Å². The van der Waals surface area contributed by atoms with Gasteiger partial charge in [-0.15, -0.1) is 0 Å². The number of fused-ring (bicyclic) bond motifs is 2. The molecule has 30 heavy (non-hydrogen) atoms. The number of hydrogen-bond acceptors (Lipinski definition) is 6. The van der Waals surface area contributed by atoms with Crippen molar-refractivity contribution < 1.29 is 33.9 Å². The molecule has 2 fully saturated rings. The lowest BCUT2D eigenvalue weighted by molar-refractivity contribution is -0.302. The number of hydrogen-bond donors (Lipinski definition) is 3. The Balaban J connectivity index is 1.66. The molecule has 6 nitrogen and oxygen atoms in total. The Bertz CT molecular complexity index is 940. The van der Waals surface area contributed by atoms with Crippen LogP contribution in [0.15, 0.2) is 36.4 Å². The second kappa shape index (κ2) is 8.07. The third kappa shape index (κ3) is 3.60. The number of ether oxygens (including phenoxy) is 3. The first-order chi connectivity index (χ1) is 14.3. The summed E-state index contributed by atoms with van der Waals surface area (Å²) in [6.07, 6.45) is -2.06. The molecule has 0 aromatic heterocycles. The van der Waals surface area contributed by atoms with E-state index in [1.807, 2.05) is 0 Å². The highest BCUT2D eigenvalue weighted by atomic mass is 35.5. The fourth-order valence-corrected chi connectivity index (χ4v) is 4.33. The van der Waals surface area contributed by atoms with E-state index in [1.54, 1.807) is 37.3 Å². The maximum atomic E-state index is 14.2. The van der Waals surface area contributed by atoms with Gasteiger partial charge in [-0.1, -0.05) is 23.7 Å². The summed E-state index contributed by atoms with van der Waals surface area (Å²) in [7, 11) is 0. The van der Waals surface area contributed by atoms with Crippen LogP contribution in [0.4, 0.5) is 4.39 Å². The summed E-state index contributed by atoms with van der Waals surface area (Å²) in [5.74, 6) is -1.88. The van der Waals surface area contributed by atoms with Crippen molar-refractivity contribution in [3.63, 3.8) is 0 Å². The van der Waals surface area contributed by atoms with Gasteiger partial charge in [-0.25, -0.2) is 4.39 Å². The standard InChI is InChI=1S/C22H24ClFO6/c1-2-28-19-6-3-13(8-17(19)24)7-14-9-15(4-5-16(14)23)22-20(27)18(26)10-21(11-25,30-22)12-29-22/h3-6,8-9,18,20,25-27H,2,7,10-12H2,1H3/t18?,20?,21-,22-/m1/s1. The van der Waals surface area contributed by atoms with Crippen LogP contribution in [0.25, 0.3) is 0 Å². The Labute approximate surface area is 178 Å². The second-order valence-corrected chi connectivity index (χ2v) is 8.20. The van der Waals surface area contributed by atoms with Crippen molar-refractivity contribution in [1.82, 2.24) is 0 Å². The van der Waals surface area contributed by atoms with Gasteiger partial charge in [-0.3, -0.25) is 0 Å². The number of halogens is 2. The molecule has 8 heteroatoms. The number of benzene rings is 2. The zero-order valence-corrected chi connectivity index (χ0v) is 17.2. The molecule has 0 saturated carbocycles. The Morgan fingerprint density at radius 2 is 2.03 bits per heavy atom. The molecule has 162 valence electrons. The fourth-order valence-electron chi connectivity index (χ4n) is 4.14. The molecular weight excluding hydrogens is 415 g/mol. The van der Waals surface area contributed by atoms with E-state index < -0.39 is 29.4 Å². The van der Waals surface area contributed by atoms with Gasteiger partial charge in [0.2, 0.25) is 5.79 Å². The minimum absolute atomic E-state index is 0.0414. The van der Waals surface area contributed by atoms with Crippen LogP contribution in [0, 0.1) is 5.82 Å². The first-order valence-electron chi connectivity index (χ1n) is 9.84. The Kier molecular flexibility index (Phi) is 5.78. The van der Waals surface area contributed by atoms with Gasteiger partial charge < -0.3 is 29.5 Å². The molecule has 2 heterocycles. The molecular formula is C22H24ClFO6. The molecule has 2 aromatic carbocycles. The number of aliphatic hydroxyl groups is 3. The van der Waals surface area contributed by atoms with E-state index in [0.717, 1.165) is 0 Å². The molecule has 0 amide bonds. The van der Waals surface area contributed by atoms with Crippen LogP contribution in [-0.2, 0) is 21.7 Å². The summed E-state index contributed by atoms with van der Waals surface area (Å²) >= 11 is 6.37. The highest BCUT2D eigenvalue weighted by Crippen LogP contribution is 2.49. The molecule has 4 atom stereocenters. The molecule has 4 rings (SSSR count). The lowest BCUT2D eigenvalue weighted by Crippen LogP contribution is -2.57. The third-order valence-corrected chi connectivity index (χ3v) is 6.05. The largest absolute Gasteiger partial charge is 0.491 e. The van der Waals surface area contributed by atoms with E-state index in [9.17, 15) is 19.7 Å². The van der Waals surface area contributed by atoms with Crippen molar-refractivity contribution in [3.05, 3.63) is 63.9 Å². The van der Waals surface area contributed by atoms with Crippen molar-refractivity contribution in [2.45, 2.75) is 43.4 Å². The average molecular weight is 439 g/mol. The summed E-state index contributed by atoms with van der Waals surface area (Å²) in [5, 5.41) is 31.2. The highest BCUT2D eigenvalue weighted by Gasteiger charge is 2.62. The fraction of sp³-hybridized carbons (Fsp3) is 0.455. The van der Waals surface area contributed by atoms with Crippen molar-refractivity contribution in [3.8, 4) is 5.75 Å². The molecule has 0 radical (unpaired) electrons. The van der Waals surface area contributed by atoms with Gasteiger partial charge in [0.1, 0.15) is 11.7 Å². The Morgan fingerprint density at radius 3 is 2.73 bits per heavy atom. The number of aliphatic hydroxyl groups excluding tert-OH is 3. The van der Waals surface area contributed by atoms with Gasteiger partial charge in [0, 0.05) is 17.0 Å². The topological polar surface area (TPSA) is 88.4 Å². The van der Waals surface area contributed by atoms with Crippen LogP contribution >= 0.6 is 11.6 Å². The van der Waals surface area contributed by atoms with Crippen LogP contribution in [0.3, 0.4) is 0 Å². The average Bonchev–Trinajstić information content (AvgIpc) is 3.07. The van der Waals surface area contributed by atoms with Crippen LogP contribution in [0.5, 0.6) is 5.75 Å². The second-order valence-electron chi connectivity index (χ2n) is 7.80. The van der Waals surface area contributed by atoms with Crippen LogP contribution in [0.1, 0.15) is 30.0 Å². The zero-order valence-electron chi connectivity index (χ0n) is 16.5. The van der Waals surface area contributed by atoms with E-state index in [0.29, 0.717) is 34.7 Å². The summed E-state index contributed by atoms with van der Waals surface area (Å²) in [4.78, 5) is 0. The van der Waals surface area contributed by atoms with Gasteiger partial charge in [-0.2, -0.15) is 0 Å². The molecule has 2 aliphatic heterocycles. The molecule has 0 aliphatic carbocycles. The molecule has 2 unspecified atom stereocenters. The minimum Gasteiger partial charge on any atom is -0.491 e. The highest BCUT2D eigenvalue weighted by molar-refractivity contribution is 6.31. The quantitative estimate of drug-likeness (QED) is 0.642. The molecule has 2 saturated heterocycles. The minimum atomic E-state index is -1.61. The van der Waals surface area contributed by atoms with Gasteiger partial charge in [0.25, 0.3) is 0 Å². The van der Waals surface area contributed by atoms with E-state index in [4.69, 9.17) is 25.8 Å². The van der Waals surface area contributed by atoms with Crippen molar-refractivity contribution in [2.75, 3.05) is 19.8 Å². The molecule has 3 N–H and O–H groups in total. The lowest BCUT2D eigenvalue weighted by Gasteiger charge is -2.43. The summed E-state index contributed by atoms with van der Waals surface area (Å²) < 4.78 is 31.3. The molecule has 0 spiro atoms. The Hall–Kier alpha value is -1.74. The van der Waals surface area contributed by atoms with Crippen LogP contribution in [-0.4, -0.2) is 52.9 Å². The summed E-state index contributed by atoms with van der Waals surface area (Å²) in [5.41, 5.74) is 0.758. The van der Waals surface area contributed by atoms with E-state index in [-0.39, 0.29) is 25.4 Å². The maximum absolute atomic E-state index is 14.2. The third-order valence-electron chi connectivity index (χ3n) is 5.68. The smallest absolute Gasteiger partial charge is 0.225 e. The Morgan fingerprint density at radius 1 is 1.23 bits per heavy atom. The monoisotopic (exact) mass is 438 g/mol. The van der Waals surface area contributed by atoms with E-state index >= 15 is 0 Å². The molecule has 2 bridgehead atoms. The van der Waals surface area contributed by atoms with Gasteiger partial charge in [0.15, 0.2) is 11.6 Å². The first-order valence-corrected chi connectivity index (χ1v) is 10.2. The predicted molar refractivity (Wildman–Crippen MR) is 107 cm³/mol. The van der Waals surface area contributed by atoms with Crippen molar-refractivity contribution >= 4 is 11.6 Å². The van der Waals surface area contributed by atoms with Gasteiger partial charge in [-0.05, 0) is 48.7 Å².